The van der Waals surface area contributed by atoms with E-state index >= 15 is 0 Å². The van der Waals surface area contributed by atoms with Crippen molar-refractivity contribution in [1.29, 1.82) is 0 Å². The molecule has 2 N–H and O–H groups in total. The zero-order chi connectivity index (χ0) is 12.1. The van der Waals surface area contributed by atoms with Gasteiger partial charge in [-0.2, -0.15) is 0 Å². The van der Waals surface area contributed by atoms with Crippen LogP contribution >= 0.6 is 0 Å². The molecule has 0 aliphatic rings. The molecule has 0 bridgehead atoms. The van der Waals surface area contributed by atoms with Gasteiger partial charge in [0.05, 0.1) is 5.52 Å². The number of hydrogen-bond acceptors (Lipinski definition) is 2. The second-order valence-corrected chi connectivity index (χ2v) is 3.64. The smallest absolute Gasteiger partial charge is 0.0711 e. The number of aromatic nitrogens is 1. The molecule has 0 atom stereocenters. The van der Waals surface area contributed by atoms with Crippen molar-refractivity contribution in [2.24, 2.45) is 5.73 Å². The molecular formula is C14H20N2. The summed E-state index contributed by atoms with van der Waals surface area (Å²) in [5, 5.41) is 1.22. The first kappa shape index (κ1) is 12.7. The molecule has 16 heavy (non-hydrogen) atoms. The predicted octanol–water partition coefficient (Wildman–Crippen LogP) is 3.34. The number of nitrogens with zero attached hydrogens (tertiary/aromatic N) is 1. The lowest BCUT2D eigenvalue weighted by atomic mass is 10.1. The van der Waals surface area contributed by atoms with Crippen LogP contribution in [-0.2, 0) is 6.54 Å². The molecule has 0 saturated heterocycles. The number of fused-ring (bicyclic) bond motifs is 1. The molecule has 1 aromatic heterocycles. The maximum atomic E-state index is 5.59. The average Bonchev–Trinajstić information content (AvgIpc) is 2.30. The van der Waals surface area contributed by atoms with E-state index in [0.29, 0.717) is 6.54 Å². The summed E-state index contributed by atoms with van der Waals surface area (Å²) in [6, 6.07) is 8.32. The largest absolute Gasteiger partial charge is 0.326 e. The fourth-order valence-corrected chi connectivity index (χ4v) is 1.74. The van der Waals surface area contributed by atoms with E-state index in [9.17, 15) is 0 Å². The molecule has 86 valence electrons. The molecule has 2 nitrogen and oxygen atoms in total. The highest BCUT2D eigenvalue weighted by Crippen LogP contribution is 2.18. The fourth-order valence-electron chi connectivity index (χ4n) is 1.74. The van der Waals surface area contributed by atoms with E-state index in [0.717, 1.165) is 16.8 Å². The third kappa shape index (κ3) is 2.58. The zero-order valence-corrected chi connectivity index (χ0v) is 10.5. The average molecular weight is 216 g/mol. The van der Waals surface area contributed by atoms with Gasteiger partial charge in [0, 0.05) is 17.6 Å². The maximum Gasteiger partial charge on any atom is 0.0711 e. The van der Waals surface area contributed by atoms with Gasteiger partial charge in [0.2, 0.25) is 0 Å². The summed E-state index contributed by atoms with van der Waals surface area (Å²) in [5.41, 5.74) is 10.1. The lowest BCUT2D eigenvalue weighted by molar-refractivity contribution is 1.07. The quantitative estimate of drug-likeness (QED) is 0.794. The Bertz CT molecular complexity index is 475. The minimum absolute atomic E-state index is 0.574. The van der Waals surface area contributed by atoms with Crippen LogP contribution in [-0.4, -0.2) is 4.98 Å². The Morgan fingerprint density at radius 2 is 1.81 bits per heavy atom. The molecule has 0 radical (unpaired) electrons. The van der Waals surface area contributed by atoms with Crippen molar-refractivity contribution in [1.82, 2.24) is 4.98 Å². The van der Waals surface area contributed by atoms with E-state index in [1.807, 2.05) is 20.8 Å². The van der Waals surface area contributed by atoms with Crippen LogP contribution in [0.15, 0.2) is 24.3 Å². The molecule has 1 heterocycles. The highest BCUT2D eigenvalue weighted by molar-refractivity contribution is 5.82. The van der Waals surface area contributed by atoms with Gasteiger partial charge in [-0.15, -0.1) is 0 Å². The number of hydrogen-bond donors (Lipinski definition) is 1. The highest BCUT2D eigenvalue weighted by Gasteiger charge is 2.00. The van der Waals surface area contributed by atoms with Crippen LogP contribution in [0.3, 0.4) is 0 Å². The summed E-state index contributed by atoms with van der Waals surface area (Å²) in [7, 11) is 0. The van der Waals surface area contributed by atoms with Gasteiger partial charge in [-0.1, -0.05) is 26.0 Å². The Labute approximate surface area is 97.5 Å². The minimum atomic E-state index is 0.574. The molecule has 0 amide bonds. The van der Waals surface area contributed by atoms with Crippen LogP contribution in [0.5, 0.6) is 0 Å². The van der Waals surface area contributed by atoms with Gasteiger partial charge in [0.1, 0.15) is 0 Å². The molecule has 1 aromatic carbocycles. The number of aryl methyl sites for hydroxylation is 2. The molecule has 2 rings (SSSR count). The predicted molar refractivity (Wildman–Crippen MR) is 70.5 cm³/mol. The van der Waals surface area contributed by atoms with Gasteiger partial charge in [-0.3, -0.25) is 4.98 Å². The van der Waals surface area contributed by atoms with Crippen molar-refractivity contribution in [2.45, 2.75) is 34.2 Å². The zero-order valence-electron chi connectivity index (χ0n) is 10.5. The third-order valence-corrected chi connectivity index (χ3v) is 2.44. The van der Waals surface area contributed by atoms with E-state index in [4.69, 9.17) is 5.73 Å². The Balaban J connectivity index is 0.000000606. The summed E-state index contributed by atoms with van der Waals surface area (Å²) in [4.78, 5) is 4.49. The van der Waals surface area contributed by atoms with E-state index in [2.05, 4.69) is 36.2 Å². The normalized spacial score (nSPS) is 9.81. The summed E-state index contributed by atoms with van der Waals surface area (Å²) < 4.78 is 0. The Morgan fingerprint density at radius 3 is 2.44 bits per heavy atom. The summed E-state index contributed by atoms with van der Waals surface area (Å²) in [5.74, 6) is 0. The topological polar surface area (TPSA) is 38.9 Å². The molecule has 0 aliphatic heterocycles. The Hall–Kier alpha value is -1.41. The summed E-state index contributed by atoms with van der Waals surface area (Å²) >= 11 is 0. The van der Waals surface area contributed by atoms with Gasteiger partial charge in [0.25, 0.3) is 0 Å². The Kier molecular flexibility index (Phi) is 4.44. The van der Waals surface area contributed by atoms with Crippen LogP contribution in [0.2, 0.25) is 0 Å². The first-order valence-electron chi connectivity index (χ1n) is 5.77. The molecular weight excluding hydrogens is 196 g/mol. The van der Waals surface area contributed by atoms with Gasteiger partial charge < -0.3 is 5.73 Å². The SMILES string of the molecule is CC.Cc1cc(C)c2ccc(CN)cc2n1. The highest BCUT2D eigenvalue weighted by atomic mass is 14.7. The van der Waals surface area contributed by atoms with Crippen LogP contribution in [0.4, 0.5) is 0 Å². The van der Waals surface area contributed by atoms with Crippen LogP contribution in [0, 0.1) is 13.8 Å². The van der Waals surface area contributed by atoms with Gasteiger partial charge >= 0.3 is 0 Å². The molecule has 2 aromatic rings. The van der Waals surface area contributed by atoms with Gasteiger partial charge in [-0.05, 0) is 37.1 Å². The monoisotopic (exact) mass is 216 g/mol. The number of nitrogens with two attached hydrogens (primary N) is 1. The van der Waals surface area contributed by atoms with Crippen molar-refractivity contribution < 1.29 is 0 Å². The number of benzene rings is 1. The second kappa shape index (κ2) is 5.61. The lowest BCUT2D eigenvalue weighted by Gasteiger charge is -2.05. The summed E-state index contributed by atoms with van der Waals surface area (Å²) in [6.45, 7) is 8.70. The maximum absolute atomic E-state index is 5.59. The second-order valence-electron chi connectivity index (χ2n) is 3.64. The summed E-state index contributed by atoms with van der Waals surface area (Å²) in [6.07, 6.45) is 0. The van der Waals surface area contributed by atoms with E-state index in [1.165, 1.54) is 10.9 Å². The molecule has 0 unspecified atom stereocenters. The van der Waals surface area contributed by atoms with Crippen LogP contribution in [0.1, 0.15) is 30.7 Å². The standard InChI is InChI=1S/C12H14N2.C2H6/c1-8-5-9(2)14-12-6-10(7-13)3-4-11(8)12;1-2/h3-6H,7,13H2,1-2H3;1-2H3. The lowest BCUT2D eigenvalue weighted by Crippen LogP contribution is -1.96. The molecule has 2 heteroatoms. The van der Waals surface area contributed by atoms with Crippen molar-refractivity contribution in [2.75, 3.05) is 0 Å². The minimum Gasteiger partial charge on any atom is -0.326 e. The van der Waals surface area contributed by atoms with Crippen molar-refractivity contribution in [3.63, 3.8) is 0 Å². The van der Waals surface area contributed by atoms with Crippen molar-refractivity contribution in [3.8, 4) is 0 Å². The van der Waals surface area contributed by atoms with E-state index in [-0.39, 0.29) is 0 Å². The van der Waals surface area contributed by atoms with Crippen LogP contribution < -0.4 is 5.73 Å². The van der Waals surface area contributed by atoms with Crippen molar-refractivity contribution in [3.05, 3.63) is 41.1 Å². The van der Waals surface area contributed by atoms with E-state index < -0.39 is 0 Å². The van der Waals surface area contributed by atoms with Gasteiger partial charge in [-0.25, -0.2) is 0 Å². The molecule has 0 saturated carbocycles. The number of rotatable bonds is 1. The van der Waals surface area contributed by atoms with Crippen molar-refractivity contribution >= 4 is 10.9 Å². The molecule has 0 spiro atoms. The third-order valence-electron chi connectivity index (χ3n) is 2.44. The number of pyridine rings is 1. The van der Waals surface area contributed by atoms with Gasteiger partial charge in [0.15, 0.2) is 0 Å². The molecule has 0 fully saturated rings. The first-order valence-corrected chi connectivity index (χ1v) is 5.77. The first-order chi connectivity index (χ1) is 7.70. The molecule has 0 aliphatic carbocycles. The van der Waals surface area contributed by atoms with Crippen LogP contribution in [0.25, 0.3) is 10.9 Å². The van der Waals surface area contributed by atoms with E-state index in [1.54, 1.807) is 0 Å². The Morgan fingerprint density at radius 1 is 1.12 bits per heavy atom. The fraction of sp³-hybridized carbons (Fsp3) is 0.357.